The van der Waals surface area contributed by atoms with E-state index in [-0.39, 0.29) is 17.6 Å². The van der Waals surface area contributed by atoms with Crippen molar-refractivity contribution in [3.05, 3.63) is 83.4 Å². The van der Waals surface area contributed by atoms with Gasteiger partial charge in [0.2, 0.25) is 5.91 Å². The second-order valence-electron chi connectivity index (χ2n) is 7.37. The first-order valence-corrected chi connectivity index (χ1v) is 11.9. The molecule has 0 aliphatic heterocycles. The summed E-state index contributed by atoms with van der Waals surface area (Å²) in [6.45, 7) is 1.11. The van der Waals surface area contributed by atoms with E-state index in [2.05, 4.69) is 15.6 Å². The summed E-state index contributed by atoms with van der Waals surface area (Å²) < 4.78 is 7.23. The molecule has 0 radical (unpaired) electrons. The number of thioether (sulfide) groups is 1. The lowest BCUT2D eigenvalue weighted by atomic mass is 10.1. The van der Waals surface area contributed by atoms with Crippen LogP contribution < -0.4 is 10.6 Å². The van der Waals surface area contributed by atoms with Crippen molar-refractivity contribution in [3.8, 4) is 0 Å². The van der Waals surface area contributed by atoms with E-state index in [0.717, 1.165) is 11.0 Å². The van der Waals surface area contributed by atoms with Gasteiger partial charge in [-0.05, 0) is 42.5 Å². The van der Waals surface area contributed by atoms with Crippen LogP contribution in [0.3, 0.4) is 0 Å². The lowest BCUT2D eigenvalue weighted by Crippen LogP contribution is -2.19. The van der Waals surface area contributed by atoms with Crippen molar-refractivity contribution in [1.29, 1.82) is 0 Å². The molecule has 7 nitrogen and oxygen atoms in total. The van der Waals surface area contributed by atoms with Gasteiger partial charge in [0.15, 0.2) is 5.16 Å². The highest BCUT2D eigenvalue weighted by Gasteiger charge is 2.16. The molecule has 0 unspecified atom stereocenters. The quantitative estimate of drug-likeness (QED) is 0.308. The van der Waals surface area contributed by atoms with Crippen LogP contribution in [0.4, 0.5) is 11.4 Å². The van der Waals surface area contributed by atoms with E-state index in [1.165, 1.54) is 11.8 Å². The van der Waals surface area contributed by atoms with Crippen LogP contribution in [-0.2, 0) is 16.1 Å². The maximum atomic E-state index is 12.8. The van der Waals surface area contributed by atoms with Crippen LogP contribution >= 0.6 is 23.4 Å². The number of aromatic nitrogens is 2. The van der Waals surface area contributed by atoms with Crippen molar-refractivity contribution in [1.82, 2.24) is 9.55 Å². The number of benzene rings is 3. The molecule has 0 saturated carbocycles. The summed E-state index contributed by atoms with van der Waals surface area (Å²) >= 11 is 7.43. The molecule has 4 rings (SSSR count). The summed E-state index contributed by atoms with van der Waals surface area (Å²) in [5.41, 5.74) is 3.19. The summed E-state index contributed by atoms with van der Waals surface area (Å²) in [6, 6.07) is 21.6. The molecule has 174 valence electrons. The van der Waals surface area contributed by atoms with E-state index in [9.17, 15) is 9.59 Å². The Kier molecular flexibility index (Phi) is 7.84. The van der Waals surface area contributed by atoms with Gasteiger partial charge in [0.1, 0.15) is 0 Å². The number of fused-ring (bicyclic) bond motifs is 1. The number of imidazole rings is 1. The Hall–Kier alpha value is -3.33. The minimum atomic E-state index is -0.298. The molecule has 1 aromatic heterocycles. The molecule has 0 fully saturated rings. The number of amides is 2. The van der Waals surface area contributed by atoms with E-state index in [1.54, 1.807) is 49.6 Å². The molecular formula is C25H23ClN4O3S. The van der Waals surface area contributed by atoms with Gasteiger partial charge < -0.3 is 19.9 Å². The number of rotatable bonds is 9. The molecule has 0 aliphatic carbocycles. The monoisotopic (exact) mass is 494 g/mol. The molecule has 0 atom stereocenters. The summed E-state index contributed by atoms with van der Waals surface area (Å²) in [6.07, 6.45) is 0. The number of para-hydroxylation sites is 2. The van der Waals surface area contributed by atoms with Gasteiger partial charge in [0.25, 0.3) is 5.91 Å². The van der Waals surface area contributed by atoms with Gasteiger partial charge >= 0.3 is 0 Å². The standard InChI is InChI=1S/C25H23ClN4O3S/c1-33-14-13-30-22-12-11-17(26)15-21(22)29-25(30)34-16-23(31)28-20-10-6-5-9-19(20)24(32)27-18-7-3-2-4-8-18/h2-12,15H,13-14,16H2,1H3,(H,27,32)(H,28,31). The molecule has 34 heavy (non-hydrogen) atoms. The highest BCUT2D eigenvalue weighted by molar-refractivity contribution is 7.99. The maximum absolute atomic E-state index is 12.8. The lowest BCUT2D eigenvalue weighted by molar-refractivity contribution is -0.113. The third kappa shape index (κ3) is 5.77. The molecule has 2 amide bonds. The molecule has 0 aliphatic rings. The van der Waals surface area contributed by atoms with E-state index in [1.807, 2.05) is 34.9 Å². The van der Waals surface area contributed by atoms with Gasteiger partial charge in [-0.2, -0.15) is 0 Å². The molecule has 3 aromatic carbocycles. The van der Waals surface area contributed by atoms with Crippen LogP contribution in [0.1, 0.15) is 10.4 Å². The topological polar surface area (TPSA) is 85.2 Å². The summed E-state index contributed by atoms with van der Waals surface area (Å²) in [5, 5.41) is 6.99. The van der Waals surface area contributed by atoms with Gasteiger partial charge in [-0.15, -0.1) is 0 Å². The SMILES string of the molecule is COCCn1c(SCC(=O)Nc2ccccc2C(=O)Nc2ccccc2)nc2cc(Cl)ccc21. The molecule has 0 saturated heterocycles. The second kappa shape index (κ2) is 11.2. The fraction of sp³-hybridized carbons (Fsp3) is 0.160. The van der Waals surface area contributed by atoms with Crippen LogP contribution in [0.2, 0.25) is 5.02 Å². The van der Waals surface area contributed by atoms with Crippen molar-refractivity contribution in [2.45, 2.75) is 11.7 Å². The van der Waals surface area contributed by atoms with Crippen LogP contribution in [0.25, 0.3) is 11.0 Å². The normalized spacial score (nSPS) is 10.9. The van der Waals surface area contributed by atoms with E-state index >= 15 is 0 Å². The Bertz CT molecular complexity index is 1310. The highest BCUT2D eigenvalue weighted by atomic mass is 35.5. The number of carbonyl (C=O) groups is 2. The number of nitrogens with zero attached hydrogens (tertiary/aromatic N) is 2. The predicted molar refractivity (Wildman–Crippen MR) is 137 cm³/mol. The van der Waals surface area contributed by atoms with Gasteiger partial charge in [0, 0.05) is 24.4 Å². The molecule has 2 N–H and O–H groups in total. The first-order valence-electron chi connectivity index (χ1n) is 10.6. The number of methoxy groups -OCH3 is 1. The molecular weight excluding hydrogens is 472 g/mol. The third-order valence-electron chi connectivity index (χ3n) is 5.00. The number of anilines is 2. The molecule has 1 heterocycles. The van der Waals surface area contributed by atoms with Crippen LogP contribution in [-0.4, -0.2) is 40.8 Å². The maximum Gasteiger partial charge on any atom is 0.257 e. The number of nitrogens with one attached hydrogen (secondary N) is 2. The average Bonchev–Trinajstić information content (AvgIpc) is 3.18. The van der Waals surface area contributed by atoms with Gasteiger partial charge in [0.05, 0.1) is 34.6 Å². The Morgan fingerprint density at radius 3 is 2.59 bits per heavy atom. The van der Waals surface area contributed by atoms with Crippen molar-refractivity contribution < 1.29 is 14.3 Å². The van der Waals surface area contributed by atoms with E-state index < -0.39 is 0 Å². The highest BCUT2D eigenvalue weighted by Crippen LogP contribution is 2.27. The van der Waals surface area contributed by atoms with Crippen molar-refractivity contribution in [2.75, 3.05) is 30.1 Å². The third-order valence-corrected chi connectivity index (χ3v) is 6.22. The van der Waals surface area contributed by atoms with Gasteiger partial charge in [-0.3, -0.25) is 9.59 Å². The van der Waals surface area contributed by atoms with Gasteiger partial charge in [-0.1, -0.05) is 53.7 Å². The lowest BCUT2D eigenvalue weighted by Gasteiger charge is -2.12. The molecule has 0 spiro atoms. The van der Waals surface area contributed by atoms with Crippen LogP contribution in [0.5, 0.6) is 0 Å². The second-order valence-corrected chi connectivity index (χ2v) is 8.75. The van der Waals surface area contributed by atoms with E-state index in [0.29, 0.717) is 40.3 Å². The summed E-state index contributed by atoms with van der Waals surface area (Å²) in [4.78, 5) is 30.2. The minimum absolute atomic E-state index is 0.124. The zero-order valence-electron chi connectivity index (χ0n) is 18.5. The van der Waals surface area contributed by atoms with Crippen molar-refractivity contribution in [2.24, 2.45) is 0 Å². The fourth-order valence-electron chi connectivity index (χ4n) is 3.42. The average molecular weight is 495 g/mol. The summed E-state index contributed by atoms with van der Waals surface area (Å²) in [5.74, 6) is -0.417. The largest absolute Gasteiger partial charge is 0.383 e. The Labute approximate surface area is 206 Å². The number of hydrogen-bond donors (Lipinski definition) is 2. The summed E-state index contributed by atoms with van der Waals surface area (Å²) in [7, 11) is 1.64. The molecule has 0 bridgehead atoms. The van der Waals surface area contributed by atoms with Crippen molar-refractivity contribution >= 4 is 57.6 Å². The fourth-order valence-corrected chi connectivity index (χ4v) is 4.42. The molecule has 9 heteroatoms. The smallest absolute Gasteiger partial charge is 0.257 e. The minimum Gasteiger partial charge on any atom is -0.383 e. The zero-order chi connectivity index (χ0) is 23.9. The first-order chi connectivity index (χ1) is 16.5. The number of hydrogen-bond acceptors (Lipinski definition) is 5. The number of ether oxygens (including phenoxy) is 1. The Morgan fingerprint density at radius 2 is 1.79 bits per heavy atom. The van der Waals surface area contributed by atoms with Crippen LogP contribution in [0, 0.1) is 0 Å². The van der Waals surface area contributed by atoms with Crippen molar-refractivity contribution in [3.63, 3.8) is 0 Å². The predicted octanol–water partition coefficient (Wildman–Crippen LogP) is 5.32. The first kappa shape index (κ1) is 23.8. The molecule has 4 aromatic rings. The zero-order valence-corrected chi connectivity index (χ0v) is 20.0. The Balaban J connectivity index is 1.46. The van der Waals surface area contributed by atoms with Crippen LogP contribution in [0.15, 0.2) is 78.0 Å². The Morgan fingerprint density at radius 1 is 1.03 bits per heavy atom. The van der Waals surface area contributed by atoms with Gasteiger partial charge in [-0.25, -0.2) is 4.98 Å². The number of halogens is 1. The number of carbonyl (C=O) groups excluding carboxylic acids is 2. The van der Waals surface area contributed by atoms with E-state index in [4.69, 9.17) is 16.3 Å².